The van der Waals surface area contributed by atoms with E-state index < -0.39 is 0 Å². The van der Waals surface area contributed by atoms with Gasteiger partial charge in [0.2, 0.25) is 0 Å². The van der Waals surface area contributed by atoms with Crippen molar-refractivity contribution >= 4 is 0 Å². The highest BCUT2D eigenvalue weighted by atomic mass is 16.5. The molecule has 0 unspecified atom stereocenters. The zero-order chi connectivity index (χ0) is 13.2. The number of ether oxygens (including phenoxy) is 2. The van der Waals surface area contributed by atoms with Crippen molar-refractivity contribution in [2.24, 2.45) is 5.73 Å². The van der Waals surface area contributed by atoms with Crippen molar-refractivity contribution in [1.82, 2.24) is 0 Å². The standard InChI is InChI=1S/C15H25NO2/c1-3-5-11-18-15-12-14(17-10-4-2)7-6-13(15)8-9-16/h6-7,12H,3-5,8-11,16H2,1-2H3. The minimum atomic E-state index is 0.638. The Balaban J connectivity index is 2.71. The van der Waals surface area contributed by atoms with Crippen molar-refractivity contribution in [2.45, 2.75) is 39.5 Å². The second-order valence-electron chi connectivity index (χ2n) is 4.36. The molecule has 0 heterocycles. The van der Waals surface area contributed by atoms with E-state index in [1.54, 1.807) is 0 Å². The Kier molecular flexibility index (Phi) is 7.26. The van der Waals surface area contributed by atoms with Crippen LogP contribution in [-0.2, 0) is 6.42 Å². The van der Waals surface area contributed by atoms with Crippen LogP contribution in [0, 0.1) is 0 Å². The van der Waals surface area contributed by atoms with Gasteiger partial charge < -0.3 is 15.2 Å². The summed E-state index contributed by atoms with van der Waals surface area (Å²) in [5, 5.41) is 0. The fourth-order valence-corrected chi connectivity index (χ4v) is 1.67. The van der Waals surface area contributed by atoms with E-state index in [9.17, 15) is 0 Å². The Morgan fingerprint density at radius 1 is 1.06 bits per heavy atom. The predicted octanol–water partition coefficient (Wildman–Crippen LogP) is 3.16. The molecule has 1 rings (SSSR count). The predicted molar refractivity (Wildman–Crippen MR) is 75.4 cm³/mol. The van der Waals surface area contributed by atoms with Crippen molar-refractivity contribution in [3.05, 3.63) is 23.8 Å². The molecule has 1 aromatic rings. The molecule has 0 saturated carbocycles. The van der Waals surface area contributed by atoms with E-state index in [0.29, 0.717) is 6.54 Å². The Morgan fingerprint density at radius 2 is 1.89 bits per heavy atom. The van der Waals surface area contributed by atoms with Gasteiger partial charge in [0.15, 0.2) is 0 Å². The fourth-order valence-electron chi connectivity index (χ4n) is 1.67. The average molecular weight is 251 g/mol. The molecule has 102 valence electrons. The van der Waals surface area contributed by atoms with Gasteiger partial charge in [-0.3, -0.25) is 0 Å². The van der Waals surface area contributed by atoms with Crippen molar-refractivity contribution in [2.75, 3.05) is 19.8 Å². The fraction of sp³-hybridized carbons (Fsp3) is 0.600. The van der Waals surface area contributed by atoms with E-state index in [0.717, 1.165) is 56.0 Å². The summed E-state index contributed by atoms with van der Waals surface area (Å²) in [4.78, 5) is 0. The van der Waals surface area contributed by atoms with Gasteiger partial charge in [-0.15, -0.1) is 0 Å². The summed E-state index contributed by atoms with van der Waals surface area (Å²) in [5.41, 5.74) is 6.78. The number of rotatable bonds is 9. The quantitative estimate of drug-likeness (QED) is 0.686. The maximum atomic E-state index is 5.82. The van der Waals surface area contributed by atoms with E-state index in [1.165, 1.54) is 0 Å². The normalized spacial score (nSPS) is 10.4. The first kappa shape index (κ1) is 14.8. The van der Waals surface area contributed by atoms with E-state index in [2.05, 4.69) is 19.9 Å². The molecular formula is C15H25NO2. The van der Waals surface area contributed by atoms with Gasteiger partial charge in [0, 0.05) is 6.07 Å². The number of unbranched alkanes of at least 4 members (excludes halogenated alkanes) is 1. The van der Waals surface area contributed by atoms with E-state index in [-0.39, 0.29) is 0 Å². The molecule has 3 nitrogen and oxygen atoms in total. The first-order chi connectivity index (χ1) is 8.81. The number of nitrogens with two attached hydrogens (primary N) is 1. The van der Waals surface area contributed by atoms with Crippen LogP contribution in [0.15, 0.2) is 18.2 Å². The second-order valence-corrected chi connectivity index (χ2v) is 4.36. The highest BCUT2D eigenvalue weighted by molar-refractivity contribution is 5.41. The first-order valence-electron chi connectivity index (χ1n) is 6.90. The van der Waals surface area contributed by atoms with Gasteiger partial charge >= 0.3 is 0 Å². The molecule has 18 heavy (non-hydrogen) atoms. The zero-order valence-corrected chi connectivity index (χ0v) is 11.6. The van der Waals surface area contributed by atoms with E-state index in [4.69, 9.17) is 15.2 Å². The van der Waals surface area contributed by atoms with E-state index in [1.807, 2.05) is 12.1 Å². The molecule has 0 saturated heterocycles. The third kappa shape index (κ3) is 4.96. The molecule has 0 bridgehead atoms. The number of benzene rings is 1. The van der Waals surface area contributed by atoms with Crippen LogP contribution in [0.25, 0.3) is 0 Å². The number of hydrogen-bond donors (Lipinski definition) is 1. The van der Waals surface area contributed by atoms with Gasteiger partial charge in [-0.1, -0.05) is 26.3 Å². The maximum Gasteiger partial charge on any atom is 0.126 e. The average Bonchev–Trinajstić information content (AvgIpc) is 2.39. The molecule has 3 heteroatoms. The monoisotopic (exact) mass is 251 g/mol. The molecule has 0 radical (unpaired) electrons. The maximum absolute atomic E-state index is 5.82. The van der Waals surface area contributed by atoms with E-state index >= 15 is 0 Å². The Labute approximate surface area is 110 Å². The smallest absolute Gasteiger partial charge is 0.126 e. The van der Waals surface area contributed by atoms with Crippen molar-refractivity contribution in [3.8, 4) is 11.5 Å². The minimum absolute atomic E-state index is 0.638. The van der Waals surface area contributed by atoms with Crippen LogP contribution >= 0.6 is 0 Å². The second kappa shape index (κ2) is 8.81. The molecule has 2 N–H and O–H groups in total. The van der Waals surface area contributed by atoms with Gasteiger partial charge in [-0.2, -0.15) is 0 Å². The van der Waals surface area contributed by atoms with Gasteiger partial charge in [-0.25, -0.2) is 0 Å². The third-order valence-corrected chi connectivity index (χ3v) is 2.68. The summed E-state index contributed by atoms with van der Waals surface area (Å²) in [6.07, 6.45) is 4.06. The highest BCUT2D eigenvalue weighted by Gasteiger charge is 2.05. The van der Waals surface area contributed by atoms with Crippen LogP contribution in [0.2, 0.25) is 0 Å². The van der Waals surface area contributed by atoms with Crippen LogP contribution in [0.5, 0.6) is 11.5 Å². The van der Waals surface area contributed by atoms with Crippen LogP contribution < -0.4 is 15.2 Å². The van der Waals surface area contributed by atoms with Crippen LogP contribution in [0.4, 0.5) is 0 Å². The Morgan fingerprint density at radius 3 is 2.56 bits per heavy atom. The van der Waals surface area contributed by atoms with Crippen molar-refractivity contribution < 1.29 is 9.47 Å². The van der Waals surface area contributed by atoms with Gasteiger partial charge in [0.1, 0.15) is 11.5 Å². The lowest BCUT2D eigenvalue weighted by Gasteiger charge is -2.13. The third-order valence-electron chi connectivity index (χ3n) is 2.68. The molecule has 0 atom stereocenters. The van der Waals surface area contributed by atoms with Gasteiger partial charge in [0.05, 0.1) is 13.2 Å². The molecule has 1 aromatic carbocycles. The molecule has 0 amide bonds. The molecule has 0 aliphatic heterocycles. The topological polar surface area (TPSA) is 44.5 Å². The lowest BCUT2D eigenvalue weighted by atomic mass is 10.1. The Hall–Kier alpha value is -1.22. The van der Waals surface area contributed by atoms with Crippen molar-refractivity contribution in [3.63, 3.8) is 0 Å². The summed E-state index contributed by atoms with van der Waals surface area (Å²) < 4.78 is 11.4. The first-order valence-corrected chi connectivity index (χ1v) is 6.90. The molecule has 0 spiro atoms. The lowest BCUT2D eigenvalue weighted by Crippen LogP contribution is -2.06. The molecular weight excluding hydrogens is 226 g/mol. The molecule has 0 aliphatic rings. The largest absolute Gasteiger partial charge is 0.493 e. The van der Waals surface area contributed by atoms with Crippen LogP contribution in [0.3, 0.4) is 0 Å². The molecule has 0 fully saturated rings. The summed E-state index contributed by atoms with van der Waals surface area (Å²) in [6, 6.07) is 6.03. The summed E-state index contributed by atoms with van der Waals surface area (Å²) in [6.45, 7) is 6.39. The minimum Gasteiger partial charge on any atom is -0.493 e. The summed E-state index contributed by atoms with van der Waals surface area (Å²) >= 11 is 0. The Bertz CT molecular complexity index is 339. The molecule has 0 aromatic heterocycles. The summed E-state index contributed by atoms with van der Waals surface area (Å²) in [5.74, 6) is 1.80. The summed E-state index contributed by atoms with van der Waals surface area (Å²) in [7, 11) is 0. The zero-order valence-electron chi connectivity index (χ0n) is 11.6. The lowest BCUT2D eigenvalue weighted by molar-refractivity contribution is 0.295. The van der Waals surface area contributed by atoms with Gasteiger partial charge in [0.25, 0.3) is 0 Å². The SMILES string of the molecule is CCCCOc1cc(OCCC)ccc1CCN. The molecule has 0 aliphatic carbocycles. The van der Waals surface area contributed by atoms with Gasteiger partial charge in [-0.05, 0) is 37.4 Å². The van der Waals surface area contributed by atoms with Crippen LogP contribution in [0.1, 0.15) is 38.7 Å². The highest BCUT2D eigenvalue weighted by Crippen LogP contribution is 2.25. The van der Waals surface area contributed by atoms with Crippen molar-refractivity contribution in [1.29, 1.82) is 0 Å². The number of hydrogen-bond acceptors (Lipinski definition) is 3. The van der Waals surface area contributed by atoms with Crippen LogP contribution in [-0.4, -0.2) is 19.8 Å².